The summed E-state index contributed by atoms with van der Waals surface area (Å²) in [7, 11) is 1.63. The van der Waals surface area contributed by atoms with Gasteiger partial charge in [-0.05, 0) is 13.0 Å². The summed E-state index contributed by atoms with van der Waals surface area (Å²) in [4.78, 5) is 4.10. The van der Waals surface area contributed by atoms with Crippen molar-refractivity contribution in [2.24, 2.45) is 5.84 Å². The summed E-state index contributed by atoms with van der Waals surface area (Å²) in [6.45, 7) is 2.01. The second kappa shape index (κ2) is 4.94. The minimum atomic E-state index is -0.271. The molecule has 0 radical (unpaired) electrons. The summed E-state index contributed by atoms with van der Waals surface area (Å²) in [5.41, 5.74) is 4.76. The first kappa shape index (κ1) is 11.6. The Labute approximate surface area is 99.2 Å². The Morgan fingerprint density at radius 3 is 2.88 bits per heavy atom. The van der Waals surface area contributed by atoms with Crippen molar-refractivity contribution in [2.45, 2.75) is 13.0 Å². The molecule has 0 aliphatic heterocycles. The van der Waals surface area contributed by atoms with E-state index in [1.165, 1.54) is 6.33 Å². The topological polar surface area (TPSA) is 88.8 Å². The van der Waals surface area contributed by atoms with Gasteiger partial charge in [-0.3, -0.25) is 10.9 Å². The van der Waals surface area contributed by atoms with Gasteiger partial charge in [0.05, 0.1) is 7.11 Å². The number of methoxy groups -OCH3 is 1. The largest absolute Gasteiger partial charge is 0.496 e. The van der Waals surface area contributed by atoms with E-state index in [2.05, 4.69) is 20.6 Å². The molecule has 0 fully saturated rings. The molecular weight excluding hydrogens is 218 g/mol. The van der Waals surface area contributed by atoms with Crippen LogP contribution < -0.4 is 16.0 Å². The predicted molar refractivity (Wildman–Crippen MR) is 63.3 cm³/mol. The Kier molecular flexibility index (Phi) is 3.36. The average molecular weight is 233 g/mol. The molecule has 6 heteroatoms. The maximum atomic E-state index is 5.58. The molecule has 2 rings (SSSR count). The van der Waals surface area contributed by atoms with Gasteiger partial charge >= 0.3 is 0 Å². The summed E-state index contributed by atoms with van der Waals surface area (Å²) in [5, 5.41) is 6.62. The van der Waals surface area contributed by atoms with E-state index < -0.39 is 0 Å². The molecule has 1 aromatic carbocycles. The Bertz CT molecular complexity index is 483. The molecule has 6 nitrogen and oxygen atoms in total. The molecule has 0 saturated heterocycles. The summed E-state index contributed by atoms with van der Waals surface area (Å²) >= 11 is 0. The number of H-pyrrole nitrogens is 1. The van der Waals surface area contributed by atoms with Crippen LogP contribution >= 0.6 is 0 Å². The van der Waals surface area contributed by atoms with Crippen molar-refractivity contribution in [3.63, 3.8) is 0 Å². The molecule has 0 bridgehead atoms. The van der Waals surface area contributed by atoms with Crippen molar-refractivity contribution in [1.29, 1.82) is 0 Å². The highest BCUT2D eigenvalue weighted by Crippen LogP contribution is 2.28. The fourth-order valence-corrected chi connectivity index (χ4v) is 1.75. The molecule has 2 aromatic rings. The second-order valence-corrected chi connectivity index (χ2v) is 3.72. The lowest BCUT2D eigenvalue weighted by atomic mass is 10.0. The molecule has 0 saturated carbocycles. The standard InChI is InChI=1S/C11H15N5O/c1-7-3-4-9(17-2)8(5-7)10(15-12)11-13-6-14-16-11/h3-6,10,15H,12H2,1-2H3,(H,13,14,16). The first-order valence-electron chi connectivity index (χ1n) is 5.22. The number of aromatic nitrogens is 3. The fourth-order valence-electron chi connectivity index (χ4n) is 1.75. The maximum absolute atomic E-state index is 5.58. The van der Waals surface area contributed by atoms with Gasteiger partial charge < -0.3 is 4.74 Å². The number of ether oxygens (including phenoxy) is 1. The van der Waals surface area contributed by atoms with Gasteiger partial charge in [0.15, 0.2) is 0 Å². The number of hydrogen-bond acceptors (Lipinski definition) is 5. The molecule has 0 amide bonds. The zero-order chi connectivity index (χ0) is 12.3. The molecule has 4 N–H and O–H groups in total. The van der Waals surface area contributed by atoms with E-state index in [1.54, 1.807) is 7.11 Å². The Balaban J connectivity index is 2.46. The molecule has 90 valence electrons. The zero-order valence-electron chi connectivity index (χ0n) is 9.77. The molecular formula is C11H15N5O. The van der Waals surface area contributed by atoms with Crippen LogP contribution in [0.2, 0.25) is 0 Å². The SMILES string of the molecule is COc1ccc(C)cc1C(NN)c1ncn[nH]1. The maximum Gasteiger partial charge on any atom is 0.147 e. The molecule has 0 aliphatic carbocycles. The Morgan fingerprint density at radius 2 is 2.29 bits per heavy atom. The number of hydrazine groups is 1. The summed E-state index contributed by atoms with van der Waals surface area (Å²) in [5.74, 6) is 6.98. The molecule has 1 atom stereocenters. The van der Waals surface area contributed by atoms with Crippen molar-refractivity contribution in [1.82, 2.24) is 20.6 Å². The molecule has 1 heterocycles. The number of aromatic amines is 1. The van der Waals surface area contributed by atoms with Gasteiger partial charge in [-0.15, -0.1) is 0 Å². The van der Waals surface area contributed by atoms with E-state index in [0.717, 1.165) is 16.9 Å². The van der Waals surface area contributed by atoms with Crippen molar-refractivity contribution in [3.8, 4) is 5.75 Å². The summed E-state index contributed by atoms with van der Waals surface area (Å²) in [6.07, 6.45) is 1.45. The average Bonchev–Trinajstić information content (AvgIpc) is 2.84. The first-order chi connectivity index (χ1) is 8.26. The highest BCUT2D eigenvalue weighted by molar-refractivity contribution is 5.41. The third kappa shape index (κ3) is 2.27. The van der Waals surface area contributed by atoms with E-state index in [1.807, 2.05) is 25.1 Å². The number of nitrogens with zero attached hydrogens (tertiary/aromatic N) is 2. The lowest BCUT2D eigenvalue weighted by Gasteiger charge is -2.17. The number of aryl methyl sites for hydroxylation is 1. The molecule has 1 unspecified atom stereocenters. The molecule has 0 aliphatic rings. The summed E-state index contributed by atoms with van der Waals surface area (Å²) < 4.78 is 5.32. The van der Waals surface area contributed by atoms with Crippen LogP contribution in [-0.4, -0.2) is 22.3 Å². The molecule has 17 heavy (non-hydrogen) atoms. The normalized spacial score (nSPS) is 12.4. The van der Waals surface area contributed by atoms with Crippen molar-refractivity contribution < 1.29 is 4.74 Å². The van der Waals surface area contributed by atoms with Crippen LogP contribution in [-0.2, 0) is 0 Å². The van der Waals surface area contributed by atoms with E-state index in [9.17, 15) is 0 Å². The molecule has 0 spiro atoms. The number of rotatable bonds is 4. The quantitative estimate of drug-likeness (QED) is 0.533. The number of nitrogens with one attached hydrogen (secondary N) is 2. The highest BCUT2D eigenvalue weighted by atomic mass is 16.5. The van der Waals surface area contributed by atoms with E-state index in [-0.39, 0.29) is 6.04 Å². The number of hydrogen-bond donors (Lipinski definition) is 3. The van der Waals surface area contributed by atoms with Crippen molar-refractivity contribution in [2.75, 3.05) is 7.11 Å². The minimum absolute atomic E-state index is 0.271. The van der Waals surface area contributed by atoms with E-state index >= 15 is 0 Å². The van der Waals surface area contributed by atoms with Crippen LogP contribution in [0.15, 0.2) is 24.5 Å². The van der Waals surface area contributed by atoms with E-state index in [0.29, 0.717) is 5.82 Å². The minimum Gasteiger partial charge on any atom is -0.496 e. The monoisotopic (exact) mass is 233 g/mol. The van der Waals surface area contributed by atoms with Gasteiger partial charge in [0, 0.05) is 5.56 Å². The van der Waals surface area contributed by atoms with Gasteiger partial charge in [-0.1, -0.05) is 17.7 Å². The van der Waals surface area contributed by atoms with Crippen LogP contribution in [0.3, 0.4) is 0 Å². The van der Waals surface area contributed by atoms with Gasteiger partial charge in [0.25, 0.3) is 0 Å². The lowest BCUT2D eigenvalue weighted by Crippen LogP contribution is -2.30. The van der Waals surface area contributed by atoms with Crippen LogP contribution in [0, 0.1) is 6.92 Å². The molecule has 1 aromatic heterocycles. The highest BCUT2D eigenvalue weighted by Gasteiger charge is 2.19. The van der Waals surface area contributed by atoms with Gasteiger partial charge in [0.1, 0.15) is 23.9 Å². The van der Waals surface area contributed by atoms with Crippen LogP contribution in [0.4, 0.5) is 0 Å². The summed E-state index contributed by atoms with van der Waals surface area (Å²) in [6, 6.07) is 5.63. The van der Waals surface area contributed by atoms with Crippen molar-refractivity contribution >= 4 is 0 Å². The number of benzene rings is 1. The van der Waals surface area contributed by atoms with Crippen molar-refractivity contribution in [3.05, 3.63) is 41.5 Å². The van der Waals surface area contributed by atoms with Crippen LogP contribution in [0.1, 0.15) is 23.0 Å². The third-order valence-corrected chi connectivity index (χ3v) is 2.57. The predicted octanol–water partition coefficient (Wildman–Crippen LogP) is 0.674. The van der Waals surface area contributed by atoms with Gasteiger partial charge in [-0.25, -0.2) is 10.4 Å². The van der Waals surface area contributed by atoms with Gasteiger partial charge in [-0.2, -0.15) is 5.10 Å². The van der Waals surface area contributed by atoms with Crippen LogP contribution in [0.5, 0.6) is 5.75 Å². The smallest absolute Gasteiger partial charge is 0.147 e. The fraction of sp³-hybridized carbons (Fsp3) is 0.273. The Hall–Kier alpha value is -1.92. The second-order valence-electron chi connectivity index (χ2n) is 3.72. The third-order valence-electron chi connectivity index (χ3n) is 2.57. The van der Waals surface area contributed by atoms with Gasteiger partial charge in [0.2, 0.25) is 0 Å². The van der Waals surface area contributed by atoms with Crippen LogP contribution in [0.25, 0.3) is 0 Å². The number of nitrogens with two attached hydrogens (primary N) is 1. The first-order valence-corrected chi connectivity index (χ1v) is 5.22. The Morgan fingerprint density at radius 1 is 1.47 bits per heavy atom. The zero-order valence-corrected chi connectivity index (χ0v) is 9.77. The lowest BCUT2D eigenvalue weighted by molar-refractivity contribution is 0.403. The van der Waals surface area contributed by atoms with E-state index in [4.69, 9.17) is 10.6 Å².